The van der Waals surface area contributed by atoms with E-state index >= 15 is 0 Å². The number of nitriles is 1. The first-order chi connectivity index (χ1) is 8.20. The third-order valence-corrected chi connectivity index (χ3v) is 3.21. The third-order valence-electron chi connectivity index (χ3n) is 3.21. The Kier molecular flexibility index (Phi) is 3.45. The maximum atomic E-state index is 11.7. The van der Waals surface area contributed by atoms with Gasteiger partial charge in [-0.1, -0.05) is 6.42 Å². The summed E-state index contributed by atoms with van der Waals surface area (Å²) in [6.07, 6.45) is 4.02. The summed E-state index contributed by atoms with van der Waals surface area (Å²) in [4.78, 5) is 14.4. The molecule has 0 aliphatic heterocycles. The number of carbonyl (C=O) groups excluding carboxylic acids is 1. The Morgan fingerprint density at radius 3 is 3.06 bits per heavy atom. The van der Waals surface area contributed by atoms with Crippen LogP contribution < -0.4 is 5.32 Å². The summed E-state index contributed by atoms with van der Waals surface area (Å²) >= 11 is 0. The first-order valence-corrected chi connectivity index (χ1v) is 5.75. The molecule has 1 aromatic rings. The first-order valence-electron chi connectivity index (χ1n) is 5.75. The first kappa shape index (κ1) is 11.7. The molecule has 1 aromatic heterocycles. The van der Waals surface area contributed by atoms with Gasteiger partial charge in [0.2, 0.25) is 0 Å². The Balaban J connectivity index is 1.87. The fourth-order valence-electron chi connectivity index (χ4n) is 2.17. The lowest BCUT2D eigenvalue weighted by molar-refractivity contribution is 0.0917. The van der Waals surface area contributed by atoms with Crippen LogP contribution in [-0.4, -0.2) is 28.6 Å². The summed E-state index contributed by atoms with van der Waals surface area (Å²) in [6.45, 7) is 0.493. The van der Waals surface area contributed by atoms with Gasteiger partial charge in [0.1, 0.15) is 11.8 Å². The zero-order chi connectivity index (χ0) is 12.3. The highest BCUT2D eigenvalue weighted by Gasteiger charge is 2.25. The Morgan fingerprint density at radius 1 is 1.65 bits per heavy atom. The molecule has 2 rings (SSSR count). The van der Waals surface area contributed by atoms with Crippen molar-refractivity contribution in [3.8, 4) is 6.07 Å². The predicted octanol–water partition coefficient (Wildman–Crippen LogP) is 0.777. The Hall–Kier alpha value is -1.80. The van der Waals surface area contributed by atoms with E-state index in [1.807, 2.05) is 6.07 Å². The van der Waals surface area contributed by atoms with Crippen LogP contribution in [0.4, 0.5) is 0 Å². The van der Waals surface area contributed by atoms with Crippen LogP contribution in [0.3, 0.4) is 0 Å². The van der Waals surface area contributed by atoms with Gasteiger partial charge in [-0.25, -0.2) is 0 Å². The lowest BCUT2D eigenvalue weighted by atomic mass is 10.1. The number of aliphatic hydroxyl groups excluding tert-OH is 1. The number of nitrogens with one attached hydrogen (secondary N) is 2. The number of nitrogens with zero attached hydrogens (tertiary/aromatic N) is 1. The highest BCUT2D eigenvalue weighted by molar-refractivity contribution is 5.94. The molecule has 1 amide bonds. The molecular formula is C12H15N3O2. The third kappa shape index (κ3) is 2.66. The quantitative estimate of drug-likeness (QED) is 0.720. The van der Waals surface area contributed by atoms with Crippen LogP contribution in [0.25, 0.3) is 0 Å². The average molecular weight is 233 g/mol. The molecule has 5 nitrogen and oxygen atoms in total. The molecule has 3 N–H and O–H groups in total. The minimum atomic E-state index is -0.295. The van der Waals surface area contributed by atoms with Crippen molar-refractivity contribution in [3.63, 3.8) is 0 Å². The van der Waals surface area contributed by atoms with E-state index in [2.05, 4.69) is 10.3 Å². The van der Waals surface area contributed by atoms with Gasteiger partial charge in [-0.3, -0.25) is 4.79 Å². The minimum Gasteiger partial charge on any atom is -0.393 e. The topological polar surface area (TPSA) is 88.9 Å². The van der Waals surface area contributed by atoms with E-state index < -0.39 is 0 Å². The molecule has 17 heavy (non-hydrogen) atoms. The van der Waals surface area contributed by atoms with Crippen molar-refractivity contribution in [1.82, 2.24) is 10.3 Å². The summed E-state index contributed by atoms with van der Waals surface area (Å²) in [5, 5.41) is 21.0. The Bertz CT molecular complexity index is 447. The van der Waals surface area contributed by atoms with E-state index in [4.69, 9.17) is 5.26 Å². The number of hydrogen-bond acceptors (Lipinski definition) is 3. The molecule has 5 heteroatoms. The lowest BCUT2D eigenvalue weighted by Gasteiger charge is -2.14. The van der Waals surface area contributed by atoms with Gasteiger partial charge in [-0.2, -0.15) is 5.26 Å². The van der Waals surface area contributed by atoms with Crippen molar-refractivity contribution in [2.75, 3.05) is 6.54 Å². The van der Waals surface area contributed by atoms with Crippen LogP contribution >= 0.6 is 0 Å². The zero-order valence-corrected chi connectivity index (χ0v) is 9.44. The fourth-order valence-corrected chi connectivity index (χ4v) is 2.17. The minimum absolute atomic E-state index is 0.160. The van der Waals surface area contributed by atoms with Crippen LogP contribution in [0.1, 0.15) is 35.3 Å². The summed E-state index contributed by atoms with van der Waals surface area (Å²) < 4.78 is 0. The van der Waals surface area contributed by atoms with Crippen molar-refractivity contribution in [2.45, 2.75) is 25.4 Å². The maximum absolute atomic E-state index is 11.7. The predicted molar refractivity (Wildman–Crippen MR) is 61.2 cm³/mol. The van der Waals surface area contributed by atoms with E-state index in [0.29, 0.717) is 17.8 Å². The normalized spacial score (nSPS) is 23.3. The highest BCUT2D eigenvalue weighted by Crippen LogP contribution is 2.24. The zero-order valence-electron chi connectivity index (χ0n) is 9.44. The second-order valence-electron chi connectivity index (χ2n) is 4.38. The summed E-state index contributed by atoms with van der Waals surface area (Å²) in [5.41, 5.74) is 0.824. The smallest absolute Gasteiger partial charge is 0.252 e. The number of aliphatic hydroxyl groups is 1. The number of carbonyl (C=O) groups is 1. The molecule has 1 fully saturated rings. The standard InChI is InChI=1S/C12H15N3O2/c13-5-10-4-9(7-14-10)12(17)15-6-8-2-1-3-11(8)16/h4,7-8,11,14,16H,1-3,6H2,(H,15,17). The molecule has 90 valence electrons. The van der Waals surface area contributed by atoms with Gasteiger partial charge in [-0.05, 0) is 18.9 Å². The van der Waals surface area contributed by atoms with Gasteiger partial charge in [0.25, 0.3) is 5.91 Å². The fraction of sp³-hybridized carbons (Fsp3) is 0.500. The monoisotopic (exact) mass is 233 g/mol. The summed E-state index contributed by atoms with van der Waals surface area (Å²) in [6, 6.07) is 3.45. The van der Waals surface area contributed by atoms with E-state index in [0.717, 1.165) is 19.3 Å². The van der Waals surface area contributed by atoms with Gasteiger partial charge >= 0.3 is 0 Å². The molecule has 0 bridgehead atoms. The van der Waals surface area contributed by atoms with Gasteiger partial charge in [0.05, 0.1) is 11.7 Å². The molecule has 1 aliphatic carbocycles. The second kappa shape index (κ2) is 5.02. The van der Waals surface area contributed by atoms with Crippen molar-refractivity contribution in [1.29, 1.82) is 5.26 Å². The SMILES string of the molecule is N#Cc1cc(C(=O)NCC2CCCC2O)c[nH]1. The molecule has 0 spiro atoms. The van der Waals surface area contributed by atoms with Crippen molar-refractivity contribution >= 4 is 5.91 Å². The van der Waals surface area contributed by atoms with Gasteiger partial charge in [0.15, 0.2) is 0 Å². The largest absolute Gasteiger partial charge is 0.393 e. The summed E-state index contributed by atoms with van der Waals surface area (Å²) in [7, 11) is 0. The second-order valence-corrected chi connectivity index (χ2v) is 4.38. The molecule has 0 radical (unpaired) electrons. The van der Waals surface area contributed by atoms with Crippen LogP contribution in [0, 0.1) is 17.2 Å². The maximum Gasteiger partial charge on any atom is 0.252 e. The van der Waals surface area contributed by atoms with Crippen molar-refractivity contribution in [3.05, 3.63) is 23.5 Å². The molecule has 0 aromatic carbocycles. The molecule has 2 atom stereocenters. The number of hydrogen-bond donors (Lipinski definition) is 3. The Morgan fingerprint density at radius 2 is 2.47 bits per heavy atom. The number of amides is 1. The number of rotatable bonds is 3. The van der Waals surface area contributed by atoms with Crippen LogP contribution in [0.5, 0.6) is 0 Å². The van der Waals surface area contributed by atoms with Gasteiger partial charge in [0, 0.05) is 18.7 Å². The summed E-state index contributed by atoms with van der Waals surface area (Å²) in [5.74, 6) is -0.0461. The number of aromatic nitrogens is 1. The van der Waals surface area contributed by atoms with Gasteiger partial charge < -0.3 is 15.4 Å². The highest BCUT2D eigenvalue weighted by atomic mass is 16.3. The lowest BCUT2D eigenvalue weighted by Crippen LogP contribution is -2.32. The van der Waals surface area contributed by atoms with Crippen LogP contribution in [0.15, 0.2) is 12.3 Å². The molecule has 1 saturated carbocycles. The molecule has 0 saturated heterocycles. The van der Waals surface area contributed by atoms with E-state index in [9.17, 15) is 9.90 Å². The van der Waals surface area contributed by atoms with Crippen molar-refractivity contribution in [2.24, 2.45) is 5.92 Å². The van der Waals surface area contributed by atoms with Crippen molar-refractivity contribution < 1.29 is 9.90 Å². The van der Waals surface area contributed by atoms with E-state index in [-0.39, 0.29) is 17.9 Å². The number of H-pyrrole nitrogens is 1. The van der Waals surface area contributed by atoms with Crippen LogP contribution in [-0.2, 0) is 0 Å². The Labute approximate surface area is 99.5 Å². The van der Waals surface area contributed by atoms with Crippen LogP contribution in [0.2, 0.25) is 0 Å². The van der Waals surface area contributed by atoms with E-state index in [1.165, 1.54) is 12.3 Å². The average Bonchev–Trinajstić information content (AvgIpc) is 2.94. The molecule has 1 aliphatic rings. The number of aromatic amines is 1. The molecule has 1 heterocycles. The van der Waals surface area contributed by atoms with E-state index in [1.54, 1.807) is 0 Å². The molecule has 2 unspecified atom stereocenters. The molecular weight excluding hydrogens is 218 g/mol. The van der Waals surface area contributed by atoms with Gasteiger partial charge in [-0.15, -0.1) is 0 Å².